The number of nitrogens with zero attached hydrogens (tertiary/aromatic N) is 4. The molecular weight excluding hydrogens is 316 g/mol. The molecule has 1 aromatic heterocycles. The summed E-state index contributed by atoms with van der Waals surface area (Å²) in [7, 11) is 1.90. The van der Waals surface area contributed by atoms with E-state index < -0.39 is 0 Å². The van der Waals surface area contributed by atoms with Crippen LogP contribution in [-0.2, 0) is 4.74 Å². The van der Waals surface area contributed by atoms with Crippen LogP contribution in [0.25, 0.3) is 5.70 Å². The maximum absolute atomic E-state index is 5.57. The Balaban J connectivity index is 2.95. The molecule has 138 valence electrons. The molecule has 25 heavy (non-hydrogen) atoms. The highest BCUT2D eigenvalue weighted by atomic mass is 16.5. The summed E-state index contributed by atoms with van der Waals surface area (Å²) in [5, 5.41) is 3.05. The molecule has 0 bridgehead atoms. The topological polar surface area (TPSA) is 97.8 Å². The molecule has 0 aliphatic heterocycles. The summed E-state index contributed by atoms with van der Waals surface area (Å²) in [6.45, 7) is 10.6. The van der Waals surface area contributed by atoms with E-state index in [1.807, 2.05) is 14.0 Å². The van der Waals surface area contributed by atoms with Crippen LogP contribution < -0.4 is 11.1 Å². The first-order chi connectivity index (χ1) is 12.1. The van der Waals surface area contributed by atoms with Gasteiger partial charge in [-0.2, -0.15) is 0 Å². The quantitative estimate of drug-likeness (QED) is 0.447. The highest BCUT2D eigenvalue weighted by molar-refractivity contribution is 6.05. The van der Waals surface area contributed by atoms with E-state index in [1.54, 1.807) is 12.4 Å². The van der Waals surface area contributed by atoms with Gasteiger partial charge in [-0.25, -0.2) is 9.97 Å². The zero-order valence-electron chi connectivity index (χ0n) is 15.6. The van der Waals surface area contributed by atoms with Gasteiger partial charge in [-0.3, -0.25) is 9.98 Å². The molecule has 0 aromatic carbocycles. The van der Waals surface area contributed by atoms with Crippen LogP contribution in [0.5, 0.6) is 0 Å². The van der Waals surface area contributed by atoms with Gasteiger partial charge in [0, 0.05) is 30.2 Å². The first kappa shape index (κ1) is 20.9. The maximum atomic E-state index is 5.57. The van der Waals surface area contributed by atoms with E-state index in [9.17, 15) is 0 Å². The van der Waals surface area contributed by atoms with Crippen LogP contribution in [0.3, 0.4) is 0 Å². The lowest BCUT2D eigenvalue weighted by Gasteiger charge is -2.12. The number of aliphatic imine (C=N–C) groups is 2. The second-order valence-corrected chi connectivity index (χ2v) is 5.60. The van der Waals surface area contributed by atoms with Crippen LogP contribution in [0.15, 0.2) is 28.0 Å². The fourth-order valence-corrected chi connectivity index (χ4v) is 2.30. The minimum absolute atomic E-state index is 0.242. The van der Waals surface area contributed by atoms with Crippen molar-refractivity contribution in [2.75, 3.05) is 39.1 Å². The second-order valence-electron chi connectivity index (χ2n) is 5.60. The molecule has 3 N–H and O–H groups in total. The number of aromatic nitrogens is 2. The van der Waals surface area contributed by atoms with Crippen molar-refractivity contribution in [3.8, 4) is 0 Å². The van der Waals surface area contributed by atoms with E-state index in [4.69, 9.17) is 10.5 Å². The summed E-state index contributed by atoms with van der Waals surface area (Å²) in [4.78, 5) is 17.0. The molecule has 0 atom stereocenters. The van der Waals surface area contributed by atoms with Gasteiger partial charge in [-0.05, 0) is 39.1 Å². The number of ether oxygens (including phenoxy) is 1. The number of nitrogens with one attached hydrogen (secondary N) is 1. The molecule has 0 amide bonds. The average molecular weight is 346 g/mol. The van der Waals surface area contributed by atoms with E-state index in [2.05, 4.69) is 38.9 Å². The van der Waals surface area contributed by atoms with Gasteiger partial charge in [-0.1, -0.05) is 13.3 Å². The minimum atomic E-state index is 0.242. The van der Waals surface area contributed by atoms with Gasteiger partial charge in [0.2, 0.25) is 5.95 Å². The van der Waals surface area contributed by atoms with Gasteiger partial charge in [-0.15, -0.1) is 0 Å². The van der Waals surface area contributed by atoms with Crippen molar-refractivity contribution in [2.45, 2.75) is 33.1 Å². The monoisotopic (exact) mass is 346 g/mol. The zero-order valence-corrected chi connectivity index (χ0v) is 15.6. The lowest BCUT2D eigenvalue weighted by molar-refractivity contribution is 0.145. The van der Waals surface area contributed by atoms with Crippen molar-refractivity contribution in [1.29, 1.82) is 0 Å². The predicted octanol–water partition coefficient (Wildman–Crippen LogP) is 2.36. The SMILES string of the molecule is C=N/C(=C(/CCCC)C(C)=NCCOCCNC)c1cnc(N)nc1. The molecular formula is C18H30N6O. The number of hydrogen-bond acceptors (Lipinski definition) is 7. The normalized spacial score (nSPS) is 12.8. The maximum Gasteiger partial charge on any atom is 0.219 e. The van der Waals surface area contributed by atoms with Crippen molar-refractivity contribution >= 4 is 24.1 Å². The largest absolute Gasteiger partial charge is 0.378 e. The molecule has 0 saturated carbocycles. The van der Waals surface area contributed by atoms with Gasteiger partial charge in [0.25, 0.3) is 0 Å². The van der Waals surface area contributed by atoms with Crippen molar-refractivity contribution in [1.82, 2.24) is 15.3 Å². The standard InChI is InChI=1S/C18H30N6O/c1-5-6-7-16(14(2)22-9-11-25-10-8-20-3)17(21-4)15-12-23-18(19)24-13-15/h12-13,20H,4-11H2,1-3H3,(H2,19,23,24)/b17-16-,22-14?. The third kappa shape index (κ3) is 7.53. The summed E-state index contributed by atoms with van der Waals surface area (Å²) in [5.41, 5.74) is 9.16. The summed E-state index contributed by atoms with van der Waals surface area (Å²) in [5.74, 6) is 0.242. The second kappa shape index (κ2) is 12.3. The Morgan fingerprint density at radius 2 is 2.04 bits per heavy atom. The van der Waals surface area contributed by atoms with Crippen LogP contribution in [-0.4, -0.2) is 55.7 Å². The number of nitrogens with two attached hydrogens (primary N) is 1. The molecule has 0 radical (unpaired) electrons. The van der Waals surface area contributed by atoms with E-state index in [0.717, 1.165) is 48.4 Å². The number of unbranched alkanes of at least 4 members (excludes halogenated alkanes) is 1. The van der Waals surface area contributed by atoms with Gasteiger partial charge < -0.3 is 15.8 Å². The molecule has 0 aliphatic rings. The van der Waals surface area contributed by atoms with Crippen LogP contribution >= 0.6 is 0 Å². The molecule has 1 heterocycles. The number of anilines is 1. The van der Waals surface area contributed by atoms with Crippen LogP contribution in [0.1, 0.15) is 38.7 Å². The number of hydrogen-bond donors (Lipinski definition) is 2. The van der Waals surface area contributed by atoms with E-state index in [0.29, 0.717) is 19.8 Å². The molecule has 7 nitrogen and oxygen atoms in total. The van der Waals surface area contributed by atoms with Gasteiger partial charge >= 0.3 is 0 Å². The van der Waals surface area contributed by atoms with Gasteiger partial charge in [0.15, 0.2) is 0 Å². The lowest BCUT2D eigenvalue weighted by Crippen LogP contribution is -2.15. The highest BCUT2D eigenvalue weighted by Gasteiger charge is 2.12. The minimum Gasteiger partial charge on any atom is -0.378 e. The number of nitrogen functional groups attached to an aromatic ring is 1. The predicted molar refractivity (Wildman–Crippen MR) is 105 cm³/mol. The molecule has 0 aliphatic carbocycles. The van der Waals surface area contributed by atoms with Crippen molar-refractivity contribution in [3.05, 3.63) is 23.5 Å². The van der Waals surface area contributed by atoms with Crippen LogP contribution in [0.2, 0.25) is 0 Å². The molecule has 0 spiro atoms. The third-order valence-electron chi connectivity index (χ3n) is 3.69. The van der Waals surface area contributed by atoms with Crippen molar-refractivity contribution < 1.29 is 4.74 Å². The van der Waals surface area contributed by atoms with E-state index in [-0.39, 0.29) is 5.95 Å². The molecule has 1 rings (SSSR count). The Bertz CT molecular complexity index is 580. The number of allylic oxidation sites excluding steroid dienone is 1. The van der Waals surface area contributed by atoms with E-state index in [1.165, 1.54) is 0 Å². The average Bonchev–Trinajstić information content (AvgIpc) is 2.62. The van der Waals surface area contributed by atoms with E-state index >= 15 is 0 Å². The smallest absolute Gasteiger partial charge is 0.219 e. The third-order valence-corrected chi connectivity index (χ3v) is 3.69. The summed E-state index contributed by atoms with van der Waals surface area (Å²) in [6, 6.07) is 0. The Morgan fingerprint density at radius 3 is 2.64 bits per heavy atom. The Hall–Kier alpha value is -2.12. The molecule has 0 fully saturated rings. The van der Waals surface area contributed by atoms with Gasteiger partial charge in [0.1, 0.15) is 0 Å². The number of likely N-dealkylation sites (N-methyl/N-ethyl adjacent to an activating group) is 1. The Labute approximate surface area is 150 Å². The Morgan fingerprint density at radius 1 is 1.32 bits per heavy atom. The first-order valence-corrected chi connectivity index (χ1v) is 8.65. The van der Waals surface area contributed by atoms with Crippen molar-refractivity contribution in [2.24, 2.45) is 9.98 Å². The highest BCUT2D eigenvalue weighted by Crippen LogP contribution is 2.24. The summed E-state index contributed by atoms with van der Waals surface area (Å²) >= 11 is 0. The zero-order chi connectivity index (χ0) is 18.5. The van der Waals surface area contributed by atoms with Crippen LogP contribution in [0, 0.1) is 0 Å². The summed E-state index contributed by atoms with van der Waals surface area (Å²) < 4.78 is 5.51. The molecule has 0 saturated heterocycles. The van der Waals surface area contributed by atoms with Gasteiger partial charge in [0.05, 0.1) is 25.5 Å². The lowest BCUT2D eigenvalue weighted by atomic mass is 9.99. The summed E-state index contributed by atoms with van der Waals surface area (Å²) in [6.07, 6.45) is 6.37. The fraction of sp³-hybridized carbons (Fsp3) is 0.556. The van der Waals surface area contributed by atoms with Crippen molar-refractivity contribution in [3.63, 3.8) is 0 Å². The van der Waals surface area contributed by atoms with Crippen LogP contribution in [0.4, 0.5) is 5.95 Å². The molecule has 7 heteroatoms. The fourth-order valence-electron chi connectivity index (χ4n) is 2.30. The first-order valence-electron chi connectivity index (χ1n) is 8.65. The Kier molecular flexibility index (Phi) is 10.3. The molecule has 0 unspecified atom stereocenters. The number of rotatable bonds is 12. The molecule has 1 aromatic rings.